The highest BCUT2D eigenvalue weighted by molar-refractivity contribution is 5.81. The first-order valence-corrected chi connectivity index (χ1v) is 7.59. The van der Waals surface area contributed by atoms with Crippen molar-refractivity contribution in [3.05, 3.63) is 65.5 Å². The van der Waals surface area contributed by atoms with Crippen LogP contribution in [-0.2, 0) is 11.2 Å². The molecular formula is C18H19FN2O. The minimum absolute atomic E-state index is 0.0500. The van der Waals surface area contributed by atoms with Crippen LogP contribution in [0.3, 0.4) is 0 Å². The lowest BCUT2D eigenvalue weighted by Crippen LogP contribution is -2.35. The fourth-order valence-corrected chi connectivity index (χ4v) is 2.90. The molecule has 0 aromatic heterocycles. The van der Waals surface area contributed by atoms with Gasteiger partial charge in [-0.25, -0.2) is 4.39 Å². The highest BCUT2D eigenvalue weighted by Gasteiger charge is 2.20. The van der Waals surface area contributed by atoms with E-state index in [9.17, 15) is 9.18 Å². The number of benzene rings is 2. The molecule has 0 saturated carbocycles. The number of halogens is 1. The fraction of sp³-hybridized carbons (Fsp3) is 0.278. The molecule has 3 nitrogen and oxygen atoms in total. The van der Waals surface area contributed by atoms with Crippen LogP contribution < -0.4 is 10.6 Å². The van der Waals surface area contributed by atoms with Gasteiger partial charge in [0.25, 0.3) is 0 Å². The van der Waals surface area contributed by atoms with Crippen LogP contribution in [0.5, 0.6) is 0 Å². The molecule has 2 aromatic rings. The normalized spacial score (nSPS) is 16.7. The Bertz CT molecular complexity index is 654. The maximum absolute atomic E-state index is 12.8. The lowest BCUT2D eigenvalue weighted by molar-refractivity contribution is -0.120. The Hall–Kier alpha value is -2.36. The van der Waals surface area contributed by atoms with Crippen LogP contribution in [0, 0.1) is 5.82 Å². The molecule has 0 radical (unpaired) electrons. The zero-order valence-electron chi connectivity index (χ0n) is 12.3. The molecule has 0 fully saturated rings. The summed E-state index contributed by atoms with van der Waals surface area (Å²) in [5.74, 6) is -0.333. The van der Waals surface area contributed by atoms with E-state index in [4.69, 9.17) is 0 Å². The summed E-state index contributed by atoms with van der Waals surface area (Å²) >= 11 is 0. The second kappa shape index (κ2) is 6.60. The molecule has 1 unspecified atom stereocenters. The molecule has 0 spiro atoms. The Morgan fingerprint density at radius 1 is 1.14 bits per heavy atom. The molecule has 22 heavy (non-hydrogen) atoms. The van der Waals surface area contributed by atoms with E-state index in [1.165, 1.54) is 23.3 Å². The predicted molar refractivity (Wildman–Crippen MR) is 85.2 cm³/mol. The number of carbonyl (C=O) groups is 1. The number of fused-ring (bicyclic) bond motifs is 1. The summed E-state index contributed by atoms with van der Waals surface area (Å²) in [5.41, 5.74) is 3.29. The van der Waals surface area contributed by atoms with Gasteiger partial charge in [-0.05, 0) is 54.7 Å². The molecule has 0 saturated heterocycles. The summed E-state index contributed by atoms with van der Waals surface area (Å²) in [6.45, 7) is 0.185. The topological polar surface area (TPSA) is 41.1 Å². The van der Waals surface area contributed by atoms with E-state index in [0.29, 0.717) is 0 Å². The highest BCUT2D eigenvalue weighted by Crippen LogP contribution is 2.29. The average Bonchev–Trinajstić information content (AvgIpc) is 2.55. The van der Waals surface area contributed by atoms with E-state index < -0.39 is 0 Å². The maximum atomic E-state index is 12.8. The largest absolute Gasteiger partial charge is 0.376 e. The number of hydrogen-bond acceptors (Lipinski definition) is 2. The van der Waals surface area contributed by atoms with Crippen molar-refractivity contribution in [2.45, 2.75) is 25.3 Å². The van der Waals surface area contributed by atoms with Crippen molar-refractivity contribution >= 4 is 11.6 Å². The second-order valence-corrected chi connectivity index (χ2v) is 5.57. The van der Waals surface area contributed by atoms with Crippen molar-refractivity contribution in [1.29, 1.82) is 0 Å². The monoisotopic (exact) mass is 298 g/mol. The van der Waals surface area contributed by atoms with Crippen molar-refractivity contribution in [2.75, 3.05) is 11.9 Å². The molecule has 114 valence electrons. The quantitative estimate of drug-likeness (QED) is 0.908. The third-order valence-corrected chi connectivity index (χ3v) is 4.00. The zero-order chi connectivity index (χ0) is 15.4. The van der Waals surface area contributed by atoms with Crippen molar-refractivity contribution in [3.8, 4) is 0 Å². The van der Waals surface area contributed by atoms with Gasteiger partial charge in [-0.2, -0.15) is 0 Å². The summed E-state index contributed by atoms with van der Waals surface area (Å²) in [4.78, 5) is 12.1. The molecule has 1 atom stereocenters. The van der Waals surface area contributed by atoms with Gasteiger partial charge in [0.15, 0.2) is 0 Å². The Morgan fingerprint density at radius 2 is 1.91 bits per heavy atom. The average molecular weight is 298 g/mol. The standard InChI is InChI=1S/C18H19FN2O/c19-14-8-10-15(11-9-14)20-12-18(22)21-17-7-3-5-13-4-1-2-6-16(13)17/h1-2,4,6,8-11,17,20H,3,5,7,12H2,(H,21,22). The smallest absolute Gasteiger partial charge is 0.239 e. The Kier molecular flexibility index (Phi) is 4.37. The first-order chi connectivity index (χ1) is 10.7. The number of carbonyl (C=O) groups excluding carboxylic acids is 1. The van der Waals surface area contributed by atoms with Crippen LogP contribution in [0.1, 0.15) is 30.0 Å². The number of rotatable bonds is 4. The molecule has 1 amide bonds. The maximum Gasteiger partial charge on any atom is 0.239 e. The molecule has 4 heteroatoms. The lowest BCUT2D eigenvalue weighted by atomic mass is 9.88. The third kappa shape index (κ3) is 3.45. The summed E-state index contributed by atoms with van der Waals surface area (Å²) in [5, 5.41) is 6.09. The van der Waals surface area contributed by atoms with Crippen LogP contribution in [0.2, 0.25) is 0 Å². The van der Waals surface area contributed by atoms with Crippen LogP contribution in [0.15, 0.2) is 48.5 Å². The third-order valence-electron chi connectivity index (χ3n) is 4.00. The SMILES string of the molecule is O=C(CNc1ccc(F)cc1)NC1CCCc2ccccc21. The Balaban J connectivity index is 1.57. The summed E-state index contributed by atoms with van der Waals surface area (Å²) in [7, 11) is 0. The van der Waals surface area contributed by atoms with Gasteiger partial charge in [-0.3, -0.25) is 4.79 Å². The molecule has 1 aliphatic carbocycles. The van der Waals surface area contributed by atoms with Gasteiger partial charge in [-0.15, -0.1) is 0 Å². The van der Waals surface area contributed by atoms with Crippen molar-refractivity contribution < 1.29 is 9.18 Å². The van der Waals surface area contributed by atoms with Gasteiger partial charge < -0.3 is 10.6 Å². The van der Waals surface area contributed by atoms with Gasteiger partial charge in [-0.1, -0.05) is 24.3 Å². The van der Waals surface area contributed by atoms with E-state index >= 15 is 0 Å². The number of amides is 1. The molecule has 2 N–H and O–H groups in total. The van der Waals surface area contributed by atoms with Crippen LogP contribution >= 0.6 is 0 Å². The van der Waals surface area contributed by atoms with Crippen molar-refractivity contribution in [3.63, 3.8) is 0 Å². The van der Waals surface area contributed by atoms with Gasteiger partial charge in [0.1, 0.15) is 5.82 Å². The van der Waals surface area contributed by atoms with E-state index in [1.807, 2.05) is 12.1 Å². The van der Waals surface area contributed by atoms with Gasteiger partial charge in [0.05, 0.1) is 12.6 Å². The Labute approximate surface area is 129 Å². The molecule has 3 rings (SSSR count). The molecule has 0 aliphatic heterocycles. The van der Waals surface area contributed by atoms with E-state index in [0.717, 1.165) is 24.9 Å². The van der Waals surface area contributed by atoms with Crippen LogP contribution in [0.25, 0.3) is 0 Å². The lowest BCUT2D eigenvalue weighted by Gasteiger charge is -2.26. The van der Waals surface area contributed by atoms with E-state index in [-0.39, 0.29) is 24.3 Å². The molecule has 0 heterocycles. The van der Waals surface area contributed by atoms with Crippen molar-refractivity contribution in [2.24, 2.45) is 0 Å². The minimum Gasteiger partial charge on any atom is -0.376 e. The molecule has 2 aromatic carbocycles. The number of nitrogens with one attached hydrogen (secondary N) is 2. The van der Waals surface area contributed by atoms with Gasteiger partial charge in [0.2, 0.25) is 5.91 Å². The second-order valence-electron chi connectivity index (χ2n) is 5.57. The number of hydrogen-bond donors (Lipinski definition) is 2. The van der Waals surface area contributed by atoms with Gasteiger partial charge >= 0.3 is 0 Å². The Morgan fingerprint density at radius 3 is 2.73 bits per heavy atom. The zero-order valence-corrected chi connectivity index (χ0v) is 12.3. The van der Waals surface area contributed by atoms with E-state index in [2.05, 4.69) is 22.8 Å². The molecule has 1 aliphatic rings. The molecule has 0 bridgehead atoms. The number of aryl methyl sites for hydroxylation is 1. The number of anilines is 1. The summed E-state index contributed by atoms with van der Waals surface area (Å²) < 4.78 is 12.8. The first-order valence-electron chi connectivity index (χ1n) is 7.59. The molecular weight excluding hydrogens is 279 g/mol. The highest BCUT2D eigenvalue weighted by atomic mass is 19.1. The summed E-state index contributed by atoms with van der Waals surface area (Å²) in [6.07, 6.45) is 3.14. The van der Waals surface area contributed by atoms with Crippen molar-refractivity contribution in [1.82, 2.24) is 5.32 Å². The fourth-order valence-electron chi connectivity index (χ4n) is 2.90. The summed E-state index contributed by atoms with van der Waals surface area (Å²) in [6, 6.07) is 14.4. The first kappa shape index (κ1) is 14.6. The predicted octanol–water partition coefficient (Wildman–Crippen LogP) is 3.43. The van der Waals surface area contributed by atoms with E-state index in [1.54, 1.807) is 12.1 Å². The minimum atomic E-state index is -0.284. The van der Waals surface area contributed by atoms with Crippen LogP contribution in [-0.4, -0.2) is 12.5 Å². The van der Waals surface area contributed by atoms with Crippen LogP contribution in [0.4, 0.5) is 10.1 Å². The van der Waals surface area contributed by atoms with Gasteiger partial charge in [0, 0.05) is 5.69 Å².